The highest BCUT2D eigenvalue weighted by Crippen LogP contribution is 3.02. The largest absolute Gasteiger partial charge is 0.489 e. The molecule has 1 aromatic rings. The van der Waals surface area contributed by atoms with Gasteiger partial charge in [-0.25, -0.2) is 0 Å². The van der Waals surface area contributed by atoms with Crippen molar-refractivity contribution in [1.82, 2.24) is 0 Å². The fraction of sp³-hybridized carbons (Fsp3) is 0.200. The van der Waals surface area contributed by atoms with Gasteiger partial charge in [0.05, 0.1) is 0 Å². The molecule has 2 rings (SSSR count). The molecule has 0 radical (unpaired) electrons. The molecule has 0 amide bonds. The molecule has 0 saturated carbocycles. The molecule has 1 aliphatic heterocycles. The first kappa shape index (κ1) is 12.2. The Balaban J connectivity index is 2.58. The Morgan fingerprint density at radius 2 is 1.76 bits per heavy atom. The van der Waals surface area contributed by atoms with Crippen molar-refractivity contribution in [1.29, 1.82) is 0 Å². The van der Waals surface area contributed by atoms with E-state index < -0.39 is 15.1 Å². The molecule has 0 N–H and O–H groups in total. The van der Waals surface area contributed by atoms with E-state index in [-0.39, 0.29) is 12.4 Å². The SMILES string of the molecule is CC1=Cc2ccc(S(F)(F)(F)(F)F)cc2OC1. The van der Waals surface area contributed by atoms with Crippen LogP contribution in [-0.4, -0.2) is 6.61 Å². The van der Waals surface area contributed by atoms with Crippen LogP contribution < -0.4 is 4.74 Å². The van der Waals surface area contributed by atoms with E-state index in [0.717, 1.165) is 11.6 Å². The lowest BCUT2D eigenvalue weighted by atomic mass is 10.1. The van der Waals surface area contributed by atoms with E-state index in [2.05, 4.69) is 0 Å². The third kappa shape index (κ3) is 2.54. The molecule has 1 aliphatic rings. The fourth-order valence-corrected chi connectivity index (χ4v) is 2.15. The highest BCUT2D eigenvalue weighted by Gasteiger charge is 2.65. The Morgan fingerprint density at radius 3 is 2.35 bits per heavy atom. The molecule has 1 heterocycles. The zero-order valence-electron chi connectivity index (χ0n) is 8.72. The van der Waals surface area contributed by atoms with Crippen molar-refractivity contribution >= 4 is 16.3 Å². The normalized spacial score (nSPS) is 19.5. The third-order valence-electron chi connectivity index (χ3n) is 2.29. The molecule has 0 saturated heterocycles. The molecular weight excluding hydrogens is 263 g/mol. The zero-order valence-corrected chi connectivity index (χ0v) is 9.54. The van der Waals surface area contributed by atoms with E-state index in [9.17, 15) is 19.4 Å². The molecule has 0 aliphatic carbocycles. The van der Waals surface area contributed by atoms with Crippen molar-refractivity contribution in [2.75, 3.05) is 6.61 Å². The van der Waals surface area contributed by atoms with Crippen LogP contribution in [-0.2, 0) is 0 Å². The molecule has 1 aromatic carbocycles. The first-order chi connectivity index (χ1) is 7.45. The van der Waals surface area contributed by atoms with E-state index in [1.807, 2.05) is 0 Å². The summed E-state index contributed by atoms with van der Waals surface area (Å²) < 4.78 is 67.6. The standard InChI is InChI=1S/C10H9F5OS/c1-7-4-8-2-3-9(5-10(8)16-6-7)17(11,12,13,14)15/h2-5H,6H2,1H3. The number of hydrogen-bond acceptors (Lipinski definition) is 1. The second-order valence-corrected chi connectivity index (χ2v) is 6.36. The van der Waals surface area contributed by atoms with Crippen molar-refractivity contribution in [2.24, 2.45) is 0 Å². The van der Waals surface area contributed by atoms with Crippen molar-refractivity contribution < 1.29 is 24.2 Å². The number of halogens is 5. The Morgan fingerprint density at radius 1 is 1.12 bits per heavy atom. The highest BCUT2D eigenvalue weighted by atomic mass is 32.5. The summed E-state index contributed by atoms with van der Waals surface area (Å²) in [7, 11) is -9.61. The van der Waals surface area contributed by atoms with Gasteiger partial charge in [-0.15, -0.1) is 0 Å². The predicted octanol–water partition coefficient (Wildman–Crippen LogP) is 5.14. The van der Waals surface area contributed by atoms with Crippen LogP contribution in [0.3, 0.4) is 0 Å². The second kappa shape index (κ2) is 2.77. The molecular formula is C10H9F5OS. The Bertz CT molecular complexity index is 517. The van der Waals surface area contributed by atoms with Gasteiger partial charge in [-0.3, -0.25) is 0 Å². The monoisotopic (exact) mass is 272 g/mol. The van der Waals surface area contributed by atoms with Crippen LogP contribution in [0.1, 0.15) is 12.5 Å². The van der Waals surface area contributed by atoms with Gasteiger partial charge in [0.2, 0.25) is 0 Å². The molecule has 0 unspecified atom stereocenters. The summed E-state index contributed by atoms with van der Waals surface area (Å²) in [6, 6.07) is 1.74. The molecule has 7 heteroatoms. The van der Waals surface area contributed by atoms with Crippen LogP contribution in [0, 0.1) is 0 Å². The number of benzene rings is 1. The zero-order chi connectivity index (χ0) is 13.0. The van der Waals surface area contributed by atoms with Crippen molar-refractivity contribution in [2.45, 2.75) is 11.8 Å². The Labute approximate surface area is 94.6 Å². The van der Waals surface area contributed by atoms with Gasteiger partial charge in [0.1, 0.15) is 17.3 Å². The molecule has 1 nitrogen and oxygen atoms in total. The van der Waals surface area contributed by atoms with Gasteiger partial charge in [-0.05, 0) is 30.7 Å². The van der Waals surface area contributed by atoms with E-state index in [0.29, 0.717) is 17.7 Å². The summed E-state index contributed by atoms with van der Waals surface area (Å²) in [5, 5.41) is 0. The predicted molar refractivity (Wildman–Crippen MR) is 57.0 cm³/mol. The van der Waals surface area contributed by atoms with Crippen LogP contribution in [0.25, 0.3) is 6.08 Å². The van der Waals surface area contributed by atoms with Crippen LogP contribution in [0.15, 0.2) is 28.7 Å². The first-order valence-electron chi connectivity index (χ1n) is 4.64. The van der Waals surface area contributed by atoms with Gasteiger partial charge >= 0.3 is 10.2 Å². The summed E-state index contributed by atoms with van der Waals surface area (Å²) in [5.41, 5.74) is 1.19. The van der Waals surface area contributed by atoms with Crippen molar-refractivity contribution in [3.8, 4) is 5.75 Å². The van der Waals surface area contributed by atoms with Crippen LogP contribution in [0.4, 0.5) is 19.4 Å². The topological polar surface area (TPSA) is 9.23 Å². The summed E-state index contributed by atoms with van der Waals surface area (Å²) in [4.78, 5) is -1.92. The Kier molecular flexibility index (Phi) is 1.99. The van der Waals surface area contributed by atoms with Crippen LogP contribution in [0.5, 0.6) is 5.75 Å². The maximum atomic E-state index is 12.5. The minimum absolute atomic E-state index is 0.108. The quantitative estimate of drug-likeness (QED) is 0.643. The van der Waals surface area contributed by atoms with Gasteiger partial charge in [0, 0.05) is 11.6 Å². The minimum atomic E-state index is -9.61. The molecule has 0 atom stereocenters. The maximum absolute atomic E-state index is 12.5. The van der Waals surface area contributed by atoms with E-state index in [1.54, 1.807) is 13.0 Å². The first-order valence-corrected chi connectivity index (χ1v) is 6.59. The van der Waals surface area contributed by atoms with Gasteiger partial charge in [0.25, 0.3) is 0 Å². The minimum Gasteiger partial charge on any atom is -0.489 e. The summed E-state index contributed by atoms with van der Waals surface area (Å²) in [6.07, 6.45) is 1.61. The second-order valence-electron chi connectivity index (χ2n) is 3.95. The van der Waals surface area contributed by atoms with Gasteiger partial charge < -0.3 is 4.74 Å². The highest BCUT2D eigenvalue weighted by molar-refractivity contribution is 8.45. The van der Waals surface area contributed by atoms with Gasteiger partial charge in [-0.1, -0.05) is 19.4 Å². The Hall–Kier alpha value is -1.24. The van der Waals surface area contributed by atoms with Crippen molar-refractivity contribution in [3.63, 3.8) is 0 Å². The average Bonchev–Trinajstić information content (AvgIpc) is 2.13. The van der Waals surface area contributed by atoms with Crippen LogP contribution in [0.2, 0.25) is 0 Å². The summed E-state index contributed by atoms with van der Waals surface area (Å²) >= 11 is 0. The number of rotatable bonds is 1. The number of fused-ring (bicyclic) bond motifs is 1. The molecule has 17 heavy (non-hydrogen) atoms. The lowest BCUT2D eigenvalue weighted by Gasteiger charge is -2.40. The lowest BCUT2D eigenvalue weighted by Crippen LogP contribution is -2.09. The lowest BCUT2D eigenvalue weighted by molar-refractivity contribution is 0.340. The number of ether oxygens (including phenoxy) is 1. The average molecular weight is 272 g/mol. The maximum Gasteiger partial charge on any atom is 0.310 e. The molecule has 96 valence electrons. The molecule has 0 aromatic heterocycles. The van der Waals surface area contributed by atoms with Gasteiger partial charge in [0.15, 0.2) is 0 Å². The fourth-order valence-electron chi connectivity index (χ4n) is 1.50. The van der Waals surface area contributed by atoms with Crippen molar-refractivity contribution in [3.05, 3.63) is 29.3 Å². The van der Waals surface area contributed by atoms with E-state index in [4.69, 9.17) is 4.74 Å². The van der Waals surface area contributed by atoms with Crippen LogP contribution >= 0.6 is 10.2 Å². The third-order valence-corrected chi connectivity index (χ3v) is 3.43. The smallest absolute Gasteiger partial charge is 0.310 e. The van der Waals surface area contributed by atoms with E-state index >= 15 is 0 Å². The molecule has 0 spiro atoms. The molecule has 0 fully saturated rings. The van der Waals surface area contributed by atoms with E-state index in [1.165, 1.54) is 0 Å². The molecule has 0 bridgehead atoms. The summed E-state index contributed by atoms with van der Waals surface area (Å²) in [5.74, 6) is -0.165. The van der Waals surface area contributed by atoms with Gasteiger partial charge in [-0.2, -0.15) is 0 Å². The summed E-state index contributed by atoms with van der Waals surface area (Å²) in [6.45, 7) is 1.85. The number of hydrogen-bond donors (Lipinski definition) is 0.